The summed E-state index contributed by atoms with van der Waals surface area (Å²) >= 11 is 0. The first-order valence-corrected chi connectivity index (χ1v) is 7.25. The number of fused-ring (bicyclic) bond motifs is 1. The average molecular weight is 276 g/mol. The van der Waals surface area contributed by atoms with Crippen LogP contribution in [0.2, 0.25) is 0 Å². The molecule has 110 valence electrons. The van der Waals surface area contributed by atoms with Gasteiger partial charge in [0.1, 0.15) is 5.75 Å². The van der Waals surface area contributed by atoms with Gasteiger partial charge in [-0.3, -0.25) is 4.79 Å². The van der Waals surface area contributed by atoms with Gasteiger partial charge in [0.25, 0.3) is 0 Å². The SMILES string of the molecule is CNC1CCCc2ccc(OCCC(=O)N(C)C)cc21. The van der Waals surface area contributed by atoms with Crippen molar-refractivity contribution in [3.63, 3.8) is 0 Å². The monoisotopic (exact) mass is 276 g/mol. The van der Waals surface area contributed by atoms with E-state index in [1.807, 2.05) is 13.1 Å². The van der Waals surface area contributed by atoms with Crippen LogP contribution >= 0.6 is 0 Å². The van der Waals surface area contributed by atoms with E-state index >= 15 is 0 Å². The Morgan fingerprint density at radius 2 is 2.25 bits per heavy atom. The highest BCUT2D eigenvalue weighted by Crippen LogP contribution is 2.32. The molecule has 1 atom stereocenters. The Labute approximate surface area is 121 Å². The van der Waals surface area contributed by atoms with E-state index in [-0.39, 0.29) is 5.91 Å². The summed E-state index contributed by atoms with van der Waals surface area (Å²) in [7, 11) is 5.53. The number of carbonyl (C=O) groups is 1. The summed E-state index contributed by atoms with van der Waals surface area (Å²) in [6.07, 6.45) is 3.97. The van der Waals surface area contributed by atoms with Crippen LogP contribution in [0.3, 0.4) is 0 Å². The van der Waals surface area contributed by atoms with Crippen molar-refractivity contribution in [3.8, 4) is 5.75 Å². The van der Waals surface area contributed by atoms with Gasteiger partial charge < -0.3 is 15.0 Å². The van der Waals surface area contributed by atoms with Gasteiger partial charge >= 0.3 is 0 Å². The van der Waals surface area contributed by atoms with Crippen LogP contribution < -0.4 is 10.1 Å². The number of benzene rings is 1. The molecule has 1 aromatic rings. The highest BCUT2D eigenvalue weighted by atomic mass is 16.5. The Kier molecular flexibility index (Phi) is 5.01. The van der Waals surface area contributed by atoms with E-state index in [1.165, 1.54) is 24.0 Å². The summed E-state index contributed by atoms with van der Waals surface area (Å²) in [5, 5.41) is 3.36. The Balaban J connectivity index is 1.98. The second-order valence-corrected chi connectivity index (χ2v) is 5.48. The third kappa shape index (κ3) is 3.51. The number of aryl methyl sites for hydroxylation is 1. The molecular weight excluding hydrogens is 252 g/mol. The summed E-state index contributed by atoms with van der Waals surface area (Å²) in [6, 6.07) is 6.71. The molecule has 1 aliphatic rings. The normalized spacial score (nSPS) is 17.4. The van der Waals surface area contributed by atoms with Gasteiger partial charge in [0, 0.05) is 20.1 Å². The molecule has 0 radical (unpaired) electrons. The number of nitrogens with one attached hydrogen (secondary N) is 1. The Morgan fingerprint density at radius 1 is 1.45 bits per heavy atom. The molecule has 0 aromatic heterocycles. The van der Waals surface area contributed by atoms with Crippen LogP contribution in [-0.4, -0.2) is 38.6 Å². The second-order valence-electron chi connectivity index (χ2n) is 5.48. The fourth-order valence-electron chi connectivity index (χ4n) is 2.65. The molecule has 4 heteroatoms. The first-order valence-electron chi connectivity index (χ1n) is 7.25. The fourth-order valence-corrected chi connectivity index (χ4v) is 2.65. The van der Waals surface area contributed by atoms with Gasteiger partial charge in [0.2, 0.25) is 5.91 Å². The molecule has 1 unspecified atom stereocenters. The second kappa shape index (κ2) is 6.75. The van der Waals surface area contributed by atoms with Gasteiger partial charge in [0.15, 0.2) is 0 Å². The van der Waals surface area contributed by atoms with E-state index in [1.54, 1.807) is 19.0 Å². The molecule has 1 N–H and O–H groups in total. The molecule has 0 aliphatic heterocycles. The zero-order valence-corrected chi connectivity index (χ0v) is 12.6. The van der Waals surface area contributed by atoms with Crippen LogP contribution in [0.5, 0.6) is 5.75 Å². The average Bonchev–Trinajstić information content (AvgIpc) is 2.46. The van der Waals surface area contributed by atoms with Crippen LogP contribution in [0.1, 0.15) is 36.4 Å². The number of carbonyl (C=O) groups excluding carboxylic acids is 1. The minimum atomic E-state index is 0.0936. The largest absolute Gasteiger partial charge is 0.493 e. The van der Waals surface area contributed by atoms with Crippen molar-refractivity contribution in [3.05, 3.63) is 29.3 Å². The van der Waals surface area contributed by atoms with Gasteiger partial charge in [-0.15, -0.1) is 0 Å². The van der Waals surface area contributed by atoms with Gasteiger partial charge in [-0.05, 0) is 49.6 Å². The van der Waals surface area contributed by atoms with E-state index in [9.17, 15) is 4.79 Å². The van der Waals surface area contributed by atoms with Crippen LogP contribution in [0.4, 0.5) is 0 Å². The van der Waals surface area contributed by atoms with E-state index in [0.717, 1.165) is 12.2 Å². The predicted molar refractivity (Wildman–Crippen MR) is 80.0 cm³/mol. The lowest BCUT2D eigenvalue weighted by Crippen LogP contribution is -2.23. The van der Waals surface area contributed by atoms with Crippen molar-refractivity contribution in [1.82, 2.24) is 10.2 Å². The highest BCUT2D eigenvalue weighted by molar-refractivity contribution is 5.75. The van der Waals surface area contributed by atoms with Gasteiger partial charge in [-0.25, -0.2) is 0 Å². The number of hydrogen-bond donors (Lipinski definition) is 1. The van der Waals surface area contributed by atoms with Gasteiger partial charge in [-0.1, -0.05) is 6.07 Å². The zero-order valence-electron chi connectivity index (χ0n) is 12.6. The molecule has 1 aromatic carbocycles. The molecule has 0 fully saturated rings. The molecule has 4 nitrogen and oxygen atoms in total. The molecule has 20 heavy (non-hydrogen) atoms. The van der Waals surface area contributed by atoms with Crippen LogP contribution in [0.25, 0.3) is 0 Å². The minimum absolute atomic E-state index is 0.0936. The molecule has 0 spiro atoms. The van der Waals surface area contributed by atoms with Crippen molar-refractivity contribution in [1.29, 1.82) is 0 Å². The number of nitrogens with zero attached hydrogens (tertiary/aromatic N) is 1. The summed E-state index contributed by atoms with van der Waals surface area (Å²) in [5.74, 6) is 0.952. The number of rotatable bonds is 5. The maximum Gasteiger partial charge on any atom is 0.225 e. The topological polar surface area (TPSA) is 41.6 Å². The smallest absolute Gasteiger partial charge is 0.225 e. The van der Waals surface area contributed by atoms with Crippen LogP contribution in [0, 0.1) is 0 Å². The maximum atomic E-state index is 11.5. The molecular formula is C16H24N2O2. The first-order chi connectivity index (χ1) is 9.61. The van der Waals surface area contributed by atoms with Crippen molar-refractivity contribution < 1.29 is 9.53 Å². The summed E-state index contributed by atoms with van der Waals surface area (Å²) in [4.78, 5) is 13.1. The van der Waals surface area contributed by atoms with Crippen molar-refractivity contribution in [2.75, 3.05) is 27.7 Å². The van der Waals surface area contributed by atoms with Crippen molar-refractivity contribution in [2.45, 2.75) is 31.7 Å². The van der Waals surface area contributed by atoms with Crippen molar-refractivity contribution >= 4 is 5.91 Å². The first kappa shape index (κ1) is 14.9. The van der Waals surface area contributed by atoms with E-state index in [0.29, 0.717) is 19.1 Å². The zero-order chi connectivity index (χ0) is 14.5. The molecule has 1 aliphatic carbocycles. The van der Waals surface area contributed by atoms with E-state index in [4.69, 9.17) is 4.74 Å². The molecule has 0 saturated heterocycles. The van der Waals surface area contributed by atoms with Crippen molar-refractivity contribution in [2.24, 2.45) is 0 Å². The summed E-state index contributed by atoms with van der Waals surface area (Å²) < 4.78 is 5.71. The lowest BCUT2D eigenvalue weighted by Gasteiger charge is -2.25. The van der Waals surface area contributed by atoms with Gasteiger partial charge in [-0.2, -0.15) is 0 Å². The highest BCUT2D eigenvalue weighted by Gasteiger charge is 2.19. The fraction of sp³-hybridized carbons (Fsp3) is 0.562. The summed E-state index contributed by atoms with van der Waals surface area (Å²) in [5.41, 5.74) is 2.75. The summed E-state index contributed by atoms with van der Waals surface area (Å²) in [6.45, 7) is 0.431. The van der Waals surface area contributed by atoms with E-state index < -0.39 is 0 Å². The van der Waals surface area contributed by atoms with Gasteiger partial charge in [0.05, 0.1) is 13.0 Å². The Morgan fingerprint density at radius 3 is 2.95 bits per heavy atom. The lowest BCUT2D eigenvalue weighted by atomic mass is 9.87. The van der Waals surface area contributed by atoms with Crippen LogP contribution in [-0.2, 0) is 11.2 Å². The van der Waals surface area contributed by atoms with E-state index in [2.05, 4.69) is 17.4 Å². The predicted octanol–water partition coefficient (Wildman–Crippen LogP) is 2.14. The molecule has 1 amide bonds. The standard InChI is InChI=1S/C16H24N2O2/c1-17-15-6-4-5-12-7-8-13(11-14(12)15)20-10-9-16(19)18(2)3/h7-8,11,15,17H,4-6,9-10H2,1-3H3. The number of hydrogen-bond acceptors (Lipinski definition) is 3. The molecule has 0 bridgehead atoms. The molecule has 0 heterocycles. The third-order valence-electron chi connectivity index (χ3n) is 3.86. The minimum Gasteiger partial charge on any atom is -0.493 e. The Bertz CT molecular complexity index is 472. The molecule has 2 rings (SSSR count). The maximum absolute atomic E-state index is 11.5. The van der Waals surface area contributed by atoms with Crippen LogP contribution in [0.15, 0.2) is 18.2 Å². The lowest BCUT2D eigenvalue weighted by molar-refractivity contribution is -0.129. The quantitative estimate of drug-likeness (QED) is 0.896. The molecule has 0 saturated carbocycles. The number of amides is 1. The number of ether oxygens (including phenoxy) is 1. The Hall–Kier alpha value is -1.55. The third-order valence-corrected chi connectivity index (χ3v) is 3.86.